The predicted molar refractivity (Wildman–Crippen MR) is 85.6 cm³/mol. The molecule has 1 unspecified atom stereocenters. The Kier molecular flexibility index (Phi) is 4.17. The quantitative estimate of drug-likeness (QED) is 0.936. The number of piperidine rings is 1. The molecule has 2 heterocycles. The minimum absolute atomic E-state index is 0.0381. The van der Waals surface area contributed by atoms with E-state index in [2.05, 4.69) is 10.1 Å². The van der Waals surface area contributed by atoms with E-state index in [0.717, 1.165) is 18.4 Å². The van der Waals surface area contributed by atoms with Crippen LogP contribution in [0.25, 0.3) is 0 Å². The fourth-order valence-electron chi connectivity index (χ4n) is 3.04. The molecule has 0 radical (unpaired) electrons. The summed E-state index contributed by atoms with van der Waals surface area (Å²) in [7, 11) is 0. The van der Waals surface area contributed by atoms with Crippen LogP contribution in [0, 0.1) is 6.92 Å². The number of hydrogen-bond acceptors (Lipinski definition) is 5. The average molecular weight is 314 g/mol. The molecule has 0 spiro atoms. The summed E-state index contributed by atoms with van der Waals surface area (Å²) in [6.07, 6.45) is 1.64. The Morgan fingerprint density at radius 3 is 2.52 bits per heavy atom. The molecule has 23 heavy (non-hydrogen) atoms. The number of nitrogens with two attached hydrogens (primary N) is 1. The van der Waals surface area contributed by atoms with Crippen molar-refractivity contribution in [3.8, 4) is 0 Å². The number of hydrogen-bond donors (Lipinski definition) is 1. The maximum Gasteiger partial charge on any atom is 0.246 e. The zero-order chi connectivity index (χ0) is 16.4. The highest BCUT2D eigenvalue weighted by Crippen LogP contribution is 2.29. The van der Waals surface area contributed by atoms with Gasteiger partial charge in [0.2, 0.25) is 11.8 Å². The number of aromatic nitrogens is 2. The molecule has 2 N–H and O–H groups in total. The van der Waals surface area contributed by atoms with Gasteiger partial charge in [-0.2, -0.15) is 4.98 Å². The molecule has 1 aliphatic rings. The lowest BCUT2D eigenvalue weighted by atomic mass is 9.89. The van der Waals surface area contributed by atoms with Crippen molar-refractivity contribution in [3.63, 3.8) is 0 Å². The van der Waals surface area contributed by atoms with E-state index in [9.17, 15) is 4.79 Å². The van der Waals surface area contributed by atoms with Crippen LogP contribution in [-0.4, -0.2) is 34.0 Å². The summed E-state index contributed by atoms with van der Waals surface area (Å²) in [6, 6.07) is 9.51. The van der Waals surface area contributed by atoms with Crippen molar-refractivity contribution >= 4 is 5.91 Å². The molecule has 1 aromatic heterocycles. The summed E-state index contributed by atoms with van der Waals surface area (Å²) in [6.45, 7) is 4.90. The monoisotopic (exact) mass is 314 g/mol. The van der Waals surface area contributed by atoms with E-state index < -0.39 is 5.54 Å². The van der Waals surface area contributed by atoms with Gasteiger partial charge in [-0.15, -0.1) is 0 Å². The van der Waals surface area contributed by atoms with Gasteiger partial charge >= 0.3 is 0 Å². The summed E-state index contributed by atoms with van der Waals surface area (Å²) in [4.78, 5) is 19.0. The minimum Gasteiger partial charge on any atom is -0.341 e. The largest absolute Gasteiger partial charge is 0.341 e. The van der Waals surface area contributed by atoms with Gasteiger partial charge in [-0.3, -0.25) is 4.79 Å². The van der Waals surface area contributed by atoms with Crippen LogP contribution < -0.4 is 5.73 Å². The number of amides is 1. The van der Waals surface area contributed by atoms with Gasteiger partial charge in [0.25, 0.3) is 0 Å². The van der Waals surface area contributed by atoms with Crippen LogP contribution in [0.15, 0.2) is 34.9 Å². The van der Waals surface area contributed by atoms with Crippen LogP contribution in [0.5, 0.6) is 0 Å². The van der Waals surface area contributed by atoms with Crippen molar-refractivity contribution in [2.75, 3.05) is 13.1 Å². The zero-order valence-electron chi connectivity index (χ0n) is 13.5. The van der Waals surface area contributed by atoms with E-state index in [1.165, 1.54) is 0 Å². The first-order valence-electron chi connectivity index (χ1n) is 7.92. The van der Waals surface area contributed by atoms with Crippen molar-refractivity contribution in [1.29, 1.82) is 0 Å². The summed E-state index contributed by atoms with van der Waals surface area (Å²) < 4.78 is 5.25. The molecule has 6 heteroatoms. The molecule has 0 saturated carbocycles. The van der Waals surface area contributed by atoms with Crippen LogP contribution in [0.2, 0.25) is 0 Å². The number of benzene rings is 1. The van der Waals surface area contributed by atoms with E-state index in [0.29, 0.717) is 24.8 Å². The zero-order valence-corrected chi connectivity index (χ0v) is 13.5. The van der Waals surface area contributed by atoms with E-state index in [1.54, 1.807) is 6.92 Å². The van der Waals surface area contributed by atoms with Crippen molar-refractivity contribution in [2.45, 2.75) is 38.1 Å². The van der Waals surface area contributed by atoms with Gasteiger partial charge in [0.05, 0.1) is 0 Å². The Balaban J connectivity index is 1.66. The topological polar surface area (TPSA) is 85.2 Å². The van der Waals surface area contributed by atoms with Crippen molar-refractivity contribution in [1.82, 2.24) is 15.0 Å². The van der Waals surface area contributed by atoms with Crippen LogP contribution in [0.1, 0.15) is 43.0 Å². The number of carbonyl (C=O) groups excluding carboxylic acids is 1. The van der Waals surface area contributed by atoms with Gasteiger partial charge in [0, 0.05) is 19.0 Å². The molecule has 0 aliphatic carbocycles. The fourth-order valence-corrected chi connectivity index (χ4v) is 3.04. The lowest BCUT2D eigenvalue weighted by molar-refractivity contribution is -0.138. The third kappa shape index (κ3) is 3.12. The smallest absolute Gasteiger partial charge is 0.246 e. The van der Waals surface area contributed by atoms with Gasteiger partial charge in [-0.25, -0.2) is 0 Å². The third-order valence-electron chi connectivity index (χ3n) is 4.49. The highest BCUT2D eigenvalue weighted by Gasteiger charge is 2.36. The number of rotatable bonds is 3. The lowest BCUT2D eigenvalue weighted by Gasteiger charge is -2.36. The Hall–Kier alpha value is -2.21. The number of aryl methyl sites for hydroxylation is 1. The number of likely N-dealkylation sites (tertiary alicyclic amines) is 1. The Morgan fingerprint density at radius 1 is 1.30 bits per heavy atom. The molecule has 1 fully saturated rings. The molecule has 1 aromatic carbocycles. The highest BCUT2D eigenvalue weighted by molar-refractivity contribution is 5.87. The van der Waals surface area contributed by atoms with Crippen molar-refractivity contribution in [2.24, 2.45) is 5.73 Å². The van der Waals surface area contributed by atoms with E-state index in [1.807, 2.05) is 42.2 Å². The van der Waals surface area contributed by atoms with Gasteiger partial charge in [-0.05, 0) is 32.3 Å². The lowest BCUT2D eigenvalue weighted by Crippen LogP contribution is -2.52. The Bertz CT molecular complexity index is 673. The summed E-state index contributed by atoms with van der Waals surface area (Å²) in [5.74, 6) is 1.51. The minimum atomic E-state index is -1.00. The highest BCUT2D eigenvalue weighted by atomic mass is 16.5. The normalized spacial score (nSPS) is 18.7. The molecule has 2 aromatic rings. The second-order valence-corrected chi connectivity index (χ2v) is 6.31. The molecular weight excluding hydrogens is 292 g/mol. The second-order valence-electron chi connectivity index (χ2n) is 6.31. The summed E-state index contributed by atoms with van der Waals surface area (Å²) >= 11 is 0. The molecule has 0 bridgehead atoms. The van der Waals surface area contributed by atoms with Gasteiger partial charge in [0.1, 0.15) is 5.54 Å². The summed E-state index contributed by atoms with van der Waals surface area (Å²) in [5, 5.41) is 3.84. The summed E-state index contributed by atoms with van der Waals surface area (Å²) in [5.41, 5.74) is 6.16. The molecule has 1 saturated heterocycles. The first-order chi connectivity index (χ1) is 11.0. The fraction of sp³-hybridized carbons (Fsp3) is 0.471. The molecule has 122 valence electrons. The maximum atomic E-state index is 12.8. The third-order valence-corrected chi connectivity index (χ3v) is 4.49. The predicted octanol–water partition coefficient (Wildman–Crippen LogP) is 1.96. The maximum absolute atomic E-state index is 12.8. The van der Waals surface area contributed by atoms with Gasteiger partial charge in [0.15, 0.2) is 5.82 Å². The SMILES string of the molecule is Cc1noc(C2CCN(C(=O)C(C)(N)c3ccccc3)CC2)n1. The number of nitrogens with zero attached hydrogens (tertiary/aromatic N) is 3. The van der Waals surface area contributed by atoms with Crippen LogP contribution in [0.3, 0.4) is 0 Å². The van der Waals surface area contributed by atoms with Crippen LogP contribution in [0.4, 0.5) is 0 Å². The van der Waals surface area contributed by atoms with Crippen molar-refractivity contribution < 1.29 is 9.32 Å². The van der Waals surface area contributed by atoms with Crippen LogP contribution >= 0.6 is 0 Å². The van der Waals surface area contributed by atoms with Gasteiger partial charge in [-0.1, -0.05) is 35.5 Å². The molecular formula is C17H22N4O2. The molecule has 3 rings (SSSR count). The second kappa shape index (κ2) is 6.12. The molecule has 6 nitrogen and oxygen atoms in total. The Morgan fingerprint density at radius 2 is 1.96 bits per heavy atom. The molecule has 1 atom stereocenters. The van der Waals surface area contributed by atoms with E-state index >= 15 is 0 Å². The Labute approximate surface area is 135 Å². The van der Waals surface area contributed by atoms with Crippen molar-refractivity contribution in [3.05, 3.63) is 47.6 Å². The molecule has 1 aliphatic heterocycles. The first kappa shape index (κ1) is 15.7. The number of carbonyl (C=O) groups is 1. The average Bonchev–Trinajstić information content (AvgIpc) is 3.01. The van der Waals surface area contributed by atoms with Gasteiger partial charge < -0.3 is 15.2 Å². The van der Waals surface area contributed by atoms with Crippen LogP contribution in [-0.2, 0) is 10.3 Å². The first-order valence-corrected chi connectivity index (χ1v) is 7.92. The van der Waals surface area contributed by atoms with E-state index in [4.69, 9.17) is 10.3 Å². The van der Waals surface area contributed by atoms with E-state index in [-0.39, 0.29) is 11.8 Å². The molecule has 1 amide bonds. The standard InChI is InChI=1S/C17H22N4O2/c1-12-19-15(23-20-12)13-8-10-21(11-9-13)16(22)17(2,18)14-6-4-3-5-7-14/h3-7,13H,8-11,18H2,1-2H3.